The molecule has 104 valence electrons. The van der Waals surface area contributed by atoms with Gasteiger partial charge in [-0.1, -0.05) is 0 Å². The van der Waals surface area contributed by atoms with E-state index < -0.39 is 0 Å². The van der Waals surface area contributed by atoms with Crippen LogP contribution < -0.4 is 10.6 Å². The number of rotatable bonds is 1. The van der Waals surface area contributed by atoms with Gasteiger partial charge in [-0.3, -0.25) is 9.97 Å². The first kappa shape index (κ1) is 12.2. The Morgan fingerprint density at radius 2 is 1.90 bits per heavy atom. The van der Waals surface area contributed by atoms with Crippen molar-refractivity contribution in [2.75, 3.05) is 19.6 Å². The first-order valence-electron chi connectivity index (χ1n) is 7.52. The molecule has 4 heteroatoms. The maximum Gasteiger partial charge on any atom is 0.0888 e. The van der Waals surface area contributed by atoms with Gasteiger partial charge in [-0.15, -0.1) is 0 Å². The zero-order valence-electron chi connectivity index (χ0n) is 11.6. The quantitative estimate of drug-likeness (QED) is 0.831. The van der Waals surface area contributed by atoms with Gasteiger partial charge >= 0.3 is 0 Å². The number of nitrogens with zero attached hydrogens (tertiary/aromatic N) is 2. The number of hydrogen-bond donors (Lipinski definition) is 2. The minimum Gasteiger partial charge on any atom is -0.317 e. The van der Waals surface area contributed by atoms with Crippen LogP contribution in [-0.4, -0.2) is 29.6 Å². The van der Waals surface area contributed by atoms with Crippen LogP contribution in [0.25, 0.3) is 10.9 Å². The first-order valence-corrected chi connectivity index (χ1v) is 7.52. The normalized spacial score (nSPS) is 25.3. The number of nitrogens with one attached hydrogen (secondary N) is 2. The van der Waals surface area contributed by atoms with Crippen LogP contribution in [0.15, 0.2) is 30.7 Å². The Balaban J connectivity index is 1.82. The van der Waals surface area contributed by atoms with Gasteiger partial charge in [-0.05, 0) is 62.0 Å². The van der Waals surface area contributed by atoms with Crippen LogP contribution in [0.4, 0.5) is 0 Å². The second-order valence-electron chi connectivity index (χ2n) is 6.04. The van der Waals surface area contributed by atoms with Crippen LogP contribution in [-0.2, 0) is 0 Å². The van der Waals surface area contributed by atoms with E-state index in [0.717, 1.165) is 25.2 Å². The maximum absolute atomic E-state index is 4.44. The van der Waals surface area contributed by atoms with Crippen molar-refractivity contribution in [3.05, 3.63) is 36.3 Å². The lowest BCUT2D eigenvalue weighted by molar-refractivity contribution is 0.177. The largest absolute Gasteiger partial charge is 0.317 e. The molecule has 0 amide bonds. The van der Waals surface area contributed by atoms with Crippen LogP contribution in [0, 0.1) is 5.41 Å². The van der Waals surface area contributed by atoms with Gasteiger partial charge < -0.3 is 10.6 Å². The van der Waals surface area contributed by atoms with Crippen LogP contribution in [0.5, 0.6) is 0 Å². The second kappa shape index (κ2) is 4.79. The summed E-state index contributed by atoms with van der Waals surface area (Å²) in [7, 11) is 0. The monoisotopic (exact) mass is 268 g/mol. The fourth-order valence-electron chi connectivity index (χ4n) is 4.00. The summed E-state index contributed by atoms with van der Waals surface area (Å²) in [5.74, 6) is 0. The summed E-state index contributed by atoms with van der Waals surface area (Å²) in [5, 5.41) is 8.49. The molecule has 2 saturated heterocycles. The summed E-state index contributed by atoms with van der Waals surface area (Å²) >= 11 is 0. The van der Waals surface area contributed by atoms with E-state index in [-0.39, 0.29) is 0 Å². The van der Waals surface area contributed by atoms with E-state index in [1.54, 1.807) is 0 Å². The van der Waals surface area contributed by atoms with Crippen LogP contribution in [0.2, 0.25) is 0 Å². The second-order valence-corrected chi connectivity index (χ2v) is 6.04. The van der Waals surface area contributed by atoms with Gasteiger partial charge in [0.05, 0.1) is 11.7 Å². The number of aromatic nitrogens is 2. The number of piperidine rings is 1. The van der Waals surface area contributed by atoms with Gasteiger partial charge in [0, 0.05) is 23.8 Å². The van der Waals surface area contributed by atoms with Crippen LogP contribution >= 0.6 is 0 Å². The average Bonchev–Trinajstić information content (AvgIpc) is 2.90. The molecule has 4 nitrogen and oxygen atoms in total. The van der Waals surface area contributed by atoms with E-state index in [1.165, 1.54) is 30.2 Å². The molecular formula is C16H20N4. The van der Waals surface area contributed by atoms with Crippen molar-refractivity contribution in [2.24, 2.45) is 5.41 Å². The zero-order chi connectivity index (χ0) is 13.4. The van der Waals surface area contributed by atoms with Crippen molar-refractivity contribution in [2.45, 2.75) is 25.3 Å². The minimum absolute atomic E-state index is 0.419. The van der Waals surface area contributed by atoms with E-state index in [4.69, 9.17) is 0 Å². The molecule has 0 aliphatic carbocycles. The summed E-state index contributed by atoms with van der Waals surface area (Å²) in [6.45, 7) is 3.41. The summed E-state index contributed by atoms with van der Waals surface area (Å²) in [5.41, 5.74) is 2.82. The van der Waals surface area contributed by atoms with Gasteiger partial charge in [0.15, 0.2) is 0 Å². The molecule has 4 heterocycles. The van der Waals surface area contributed by atoms with Crippen molar-refractivity contribution >= 4 is 10.9 Å². The first-order chi connectivity index (χ1) is 9.89. The van der Waals surface area contributed by atoms with Crippen molar-refractivity contribution in [3.8, 4) is 0 Å². The van der Waals surface area contributed by atoms with Gasteiger partial charge in [-0.25, -0.2) is 0 Å². The molecule has 0 radical (unpaired) electrons. The maximum atomic E-state index is 4.44. The Kier molecular flexibility index (Phi) is 2.93. The summed E-state index contributed by atoms with van der Waals surface area (Å²) in [4.78, 5) is 8.64. The highest BCUT2D eigenvalue weighted by atomic mass is 15.0. The third-order valence-corrected chi connectivity index (χ3v) is 5.07. The molecule has 2 aromatic heterocycles. The Labute approximate surface area is 119 Å². The van der Waals surface area contributed by atoms with E-state index >= 15 is 0 Å². The van der Waals surface area contributed by atoms with E-state index in [9.17, 15) is 0 Å². The molecular weight excluding hydrogens is 248 g/mol. The molecule has 0 bridgehead atoms. The zero-order valence-corrected chi connectivity index (χ0v) is 11.6. The Morgan fingerprint density at radius 3 is 2.80 bits per heavy atom. The van der Waals surface area contributed by atoms with Crippen LogP contribution in [0.1, 0.15) is 30.9 Å². The van der Waals surface area contributed by atoms with Crippen molar-refractivity contribution < 1.29 is 0 Å². The van der Waals surface area contributed by atoms with Crippen molar-refractivity contribution in [1.82, 2.24) is 20.6 Å². The average molecular weight is 268 g/mol. The minimum atomic E-state index is 0.419. The number of fused-ring (bicyclic) bond motifs is 1. The molecule has 2 fully saturated rings. The third kappa shape index (κ3) is 1.83. The topological polar surface area (TPSA) is 49.8 Å². The number of pyridine rings is 2. The highest BCUT2D eigenvalue weighted by Gasteiger charge is 2.44. The Hall–Kier alpha value is -1.52. The molecule has 0 saturated carbocycles. The predicted octanol–water partition coefficient (Wildman–Crippen LogP) is 2.03. The lowest BCUT2D eigenvalue weighted by Crippen LogP contribution is -2.40. The smallest absolute Gasteiger partial charge is 0.0888 e. The predicted molar refractivity (Wildman–Crippen MR) is 79.4 cm³/mol. The van der Waals surface area contributed by atoms with Gasteiger partial charge in [0.1, 0.15) is 0 Å². The van der Waals surface area contributed by atoms with E-state index in [2.05, 4.69) is 32.7 Å². The van der Waals surface area contributed by atoms with E-state index in [1.807, 2.05) is 18.6 Å². The third-order valence-electron chi connectivity index (χ3n) is 5.07. The molecule has 2 aliphatic rings. The molecule has 2 aliphatic heterocycles. The lowest BCUT2D eigenvalue weighted by Gasteiger charge is -2.39. The van der Waals surface area contributed by atoms with Crippen molar-refractivity contribution in [1.29, 1.82) is 0 Å². The fraction of sp³-hybridized carbons (Fsp3) is 0.500. The summed E-state index contributed by atoms with van der Waals surface area (Å²) < 4.78 is 0. The number of hydrogen-bond acceptors (Lipinski definition) is 4. The van der Waals surface area contributed by atoms with Crippen LogP contribution in [0.3, 0.4) is 0 Å². The highest BCUT2D eigenvalue weighted by molar-refractivity contribution is 5.81. The summed E-state index contributed by atoms with van der Waals surface area (Å²) in [6, 6.07) is 4.75. The van der Waals surface area contributed by atoms with E-state index in [0.29, 0.717) is 11.5 Å². The van der Waals surface area contributed by atoms with Gasteiger partial charge in [-0.2, -0.15) is 0 Å². The molecule has 1 atom stereocenters. The Bertz CT molecular complexity index is 613. The molecule has 2 aromatic rings. The van der Waals surface area contributed by atoms with Crippen molar-refractivity contribution in [3.63, 3.8) is 0 Å². The fourth-order valence-corrected chi connectivity index (χ4v) is 4.00. The Morgan fingerprint density at radius 1 is 1.05 bits per heavy atom. The molecule has 2 N–H and O–H groups in total. The molecule has 1 spiro atoms. The van der Waals surface area contributed by atoms with Gasteiger partial charge in [0.25, 0.3) is 0 Å². The lowest BCUT2D eigenvalue weighted by atomic mass is 9.70. The molecule has 4 rings (SSSR count). The molecule has 20 heavy (non-hydrogen) atoms. The summed E-state index contributed by atoms with van der Waals surface area (Å²) in [6.07, 6.45) is 9.47. The highest BCUT2D eigenvalue weighted by Crippen LogP contribution is 2.48. The SMILES string of the molecule is c1cc2c(C3NCCC34CCNCC4)ccnc2cn1. The standard InChI is InChI=1S/C16H20N4/c1-6-18-11-14-12(1)13(2-7-19-14)15-16(5-10-20-15)3-8-17-9-4-16/h1-2,6-7,11,15,17,20H,3-5,8-10H2. The van der Waals surface area contributed by atoms with Gasteiger partial charge in [0.2, 0.25) is 0 Å². The molecule has 0 aromatic carbocycles. The molecule has 1 unspecified atom stereocenters.